The van der Waals surface area contributed by atoms with Gasteiger partial charge in [0, 0.05) is 12.8 Å². The van der Waals surface area contributed by atoms with Gasteiger partial charge >= 0.3 is 23.9 Å². The van der Waals surface area contributed by atoms with Gasteiger partial charge in [-0.1, -0.05) is 40.7 Å². The standard InChI is InChI=1S/C29H45NO8/c1-10-29(8,9)28(34)36-20(7)19(6)35-27(33)22(30)15-21-11-12-23(37-25(31)13-17(2)3)24(16-21)38-26(32)14-18(4)5/h11-12,16-20,22H,10,13-15,30H2,1-9H3/t19-,20?,22-/m0/s1. The van der Waals surface area contributed by atoms with Crippen molar-refractivity contribution >= 4 is 23.9 Å². The Labute approximate surface area is 226 Å². The van der Waals surface area contributed by atoms with Gasteiger partial charge in [0.15, 0.2) is 11.5 Å². The van der Waals surface area contributed by atoms with Gasteiger partial charge in [-0.2, -0.15) is 0 Å². The monoisotopic (exact) mass is 535 g/mol. The first-order valence-corrected chi connectivity index (χ1v) is 13.3. The largest absolute Gasteiger partial charge is 0.458 e. The number of carbonyl (C=O) groups excluding carboxylic acids is 4. The summed E-state index contributed by atoms with van der Waals surface area (Å²) in [6.45, 7) is 16.3. The first kappa shape index (κ1) is 33.1. The van der Waals surface area contributed by atoms with Crippen molar-refractivity contribution in [1.29, 1.82) is 0 Å². The van der Waals surface area contributed by atoms with Crippen molar-refractivity contribution in [1.82, 2.24) is 0 Å². The molecule has 0 spiro atoms. The summed E-state index contributed by atoms with van der Waals surface area (Å²) in [5, 5.41) is 0. The third kappa shape index (κ3) is 11.2. The van der Waals surface area contributed by atoms with Crippen LogP contribution in [0.3, 0.4) is 0 Å². The number of esters is 4. The third-order valence-corrected chi connectivity index (χ3v) is 6.06. The summed E-state index contributed by atoms with van der Waals surface area (Å²) in [7, 11) is 0. The Hall–Kier alpha value is -2.94. The zero-order valence-electron chi connectivity index (χ0n) is 24.3. The number of ether oxygens (including phenoxy) is 4. The third-order valence-electron chi connectivity index (χ3n) is 6.06. The lowest BCUT2D eigenvalue weighted by Gasteiger charge is -2.27. The number of carbonyl (C=O) groups is 4. The molecule has 214 valence electrons. The van der Waals surface area contributed by atoms with E-state index < -0.39 is 41.6 Å². The molecule has 1 rings (SSSR count). The van der Waals surface area contributed by atoms with Gasteiger partial charge in [0.25, 0.3) is 0 Å². The summed E-state index contributed by atoms with van der Waals surface area (Å²) in [4.78, 5) is 49.5. The maximum Gasteiger partial charge on any atom is 0.323 e. The minimum Gasteiger partial charge on any atom is -0.458 e. The molecular formula is C29H45NO8. The molecule has 1 aromatic carbocycles. The van der Waals surface area contributed by atoms with E-state index in [0.29, 0.717) is 12.0 Å². The molecule has 0 radical (unpaired) electrons. The molecule has 0 saturated carbocycles. The fourth-order valence-corrected chi connectivity index (χ4v) is 3.11. The van der Waals surface area contributed by atoms with Gasteiger partial charge in [-0.25, -0.2) is 0 Å². The van der Waals surface area contributed by atoms with Crippen LogP contribution in [0.25, 0.3) is 0 Å². The molecule has 0 aromatic heterocycles. The molecule has 3 atom stereocenters. The molecule has 2 N–H and O–H groups in total. The maximum absolute atomic E-state index is 12.7. The number of hydrogen-bond donors (Lipinski definition) is 1. The second-order valence-corrected chi connectivity index (χ2v) is 11.2. The Morgan fingerprint density at radius 2 is 1.32 bits per heavy atom. The fraction of sp³-hybridized carbons (Fsp3) is 0.655. The minimum atomic E-state index is -1.03. The van der Waals surface area contributed by atoms with E-state index in [4.69, 9.17) is 24.7 Å². The van der Waals surface area contributed by atoms with Gasteiger partial charge < -0.3 is 24.7 Å². The molecule has 0 fully saturated rings. The van der Waals surface area contributed by atoms with Crippen LogP contribution in [0, 0.1) is 17.3 Å². The van der Waals surface area contributed by atoms with Gasteiger partial charge in [0.2, 0.25) is 0 Å². The van der Waals surface area contributed by atoms with E-state index in [1.807, 2.05) is 34.6 Å². The van der Waals surface area contributed by atoms with Crippen molar-refractivity contribution in [3.8, 4) is 11.5 Å². The van der Waals surface area contributed by atoms with Crippen molar-refractivity contribution in [2.75, 3.05) is 0 Å². The van der Waals surface area contributed by atoms with Gasteiger partial charge in [-0.15, -0.1) is 0 Å². The van der Waals surface area contributed by atoms with E-state index in [0.717, 1.165) is 0 Å². The van der Waals surface area contributed by atoms with Crippen LogP contribution in [-0.2, 0) is 35.1 Å². The Morgan fingerprint density at radius 1 is 0.816 bits per heavy atom. The SMILES string of the molecule is CCC(C)(C)C(=O)OC(C)[C@H](C)OC(=O)[C@@H](N)Cc1ccc(OC(=O)CC(C)C)c(OC(=O)CC(C)C)c1. The van der Waals surface area contributed by atoms with Crippen LogP contribution in [0.1, 0.15) is 87.1 Å². The highest BCUT2D eigenvalue weighted by Crippen LogP contribution is 2.30. The molecule has 9 heteroatoms. The summed E-state index contributed by atoms with van der Waals surface area (Å²) >= 11 is 0. The summed E-state index contributed by atoms with van der Waals surface area (Å²) in [5.74, 6) is -1.56. The molecule has 0 aliphatic carbocycles. The summed E-state index contributed by atoms with van der Waals surface area (Å²) in [5.41, 5.74) is 6.05. The van der Waals surface area contributed by atoms with Crippen LogP contribution in [0.4, 0.5) is 0 Å². The van der Waals surface area contributed by atoms with Gasteiger partial charge in [-0.05, 0) is 70.1 Å². The smallest absolute Gasteiger partial charge is 0.323 e. The maximum atomic E-state index is 12.7. The lowest BCUT2D eigenvalue weighted by molar-refractivity contribution is -0.172. The highest BCUT2D eigenvalue weighted by atomic mass is 16.6. The predicted octanol–water partition coefficient (Wildman–Crippen LogP) is 4.76. The Bertz CT molecular complexity index is 969. The average Bonchev–Trinajstić information content (AvgIpc) is 2.79. The molecule has 0 saturated heterocycles. The predicted molar refractivity (Wildman–Crippen MR) is 143 cm³/mol. The lowest BCUT2D eigenvalue weighted by Crippen LogP contribution is -2.40. The minimum absolute atomic E-state index is 0.0809. The van der Waals surface area contributed by atoms with Crippen LogP contribution in [0.2, 0.25) is 0 Å². The highest BCUT2D eigenvalue weighted by Gasteiger charge is 2.31. The number of benzene rings is 1. The molecule has 1 aromatic rings. The van der Waals surface area contributed by atoms with Crippen molar-refractivity contribution in [3.63, 3.8) is 0 Å². The van der Waals surface area contributed by atoms with E-state index in [1.54, 1.807) is 33.8 Å². The Balaban J connectivity index is 2.94. The quantitative estimate of drug-likeness (QED) is 0.264. The summed E-state index contributed by atoms with van der Waals surface area (Å²) < 4.78 is 21.8. The van der Waals surface area contributed by atoms with E-state index in [1.165, 1.54) is 12.1 Å². The second-order valence-electron chi connectivity index (χ2n) is 11.2. The van der Waals surface area contributed by atoms with Crippen molar-refractivity contribution in [2.45, 2.75) is 106 Å². The molecular weight excluding hydrogens is 490 g/mol. The second kappa shape index (κ2) is 14.9. The zero-order chi connectivity index (χ0) is 29.2. The zero-order valence-corrected chi connectivity index (χ0v) is 24.3. The Kier molecular flexibility index (Phi) is 12.9. The average molecular weight is 536 g/mol. The first-order valence-electron chi connectivity index (χ1n) is 13.3. The van der Waals surface area contributed by atoms with Crippen molar-refractivity contribution < 1.29 is 38.1 Å². The van der Waals surface area contributed by atoms with E-state index in [-0.39, 0.29) is 48.6 Å². The van der Waals surface area contributed by atoms with Crippen LogP contribution in [0.15, 0.2) is 18.2 Å². The van der Waals surface area contributed by atoms with Gasteiger partial charge in [-0.3, -0.25) is 19.2 Å². The van der Waals surface area contributed by atoms with Crippen LogP contribution < -0.4 is 15.2 Å². The molecule has 0 aliphatic rings. The number of nitrogens with two attached hydrogens (primary N) is 1. The fourth-order valence-electron chi connectivity index (χ4n) is 3.11. The molecule has 38 heavy (non-hydrogen) atoms. The molecule has 0 bridgehead atoms. The molecule has 0 aliphatic heterocycles. The molecule has 0 amide bonds. The molecule has 1 unspecified atom stereocenters. The molecule has 0 heterocycles. The number of hydrogen-bond acceptors (Lipinski definition) is 9. The molecule has 9 nitrogen and oxygen atoms in total. The van der Waals surface area contributed by atoms with Crippen LogP contribution >= 0.6 is 0 Å². The summed E-state index contributed by atoms with van der Waals surface area (Å²) in [6, 6.07) is 3.67. The van der Waals surface area contributed by atoms with E-state index >= 15 is 0 Å². The van der Waals surface area contributed by atoms with Crippen molar-refractivity contribution in [3.05, 3.63) is 23.8 Å². The van der Waals surface area contributed by atoms with E-state index in [2.05, 4.69) is 0 Å². The van der Waals surface area contributed by atoms with Crippen LogP contribution in [0.5, 0.6) is 11.5 Å². The normalized spacial score (nSPS) is 14.0. The topological polar surface area (TPSA) is 131 Å². The Morgan fingerprint density at radius 3 is 1.82 bits per heavy atom. The van der Waals surface area contributed by atoms with Gasteiger partial charge in [0.05, 0.1) is 5.41 Å². The summed E-state index contributed by atoms with van der Waals surface area (Å²) in [6.07, 6.45) is -0.276. The van der Waals surface area contributed by atoms with Crippen molar-refractivity contribution in [2.24, 2.45) is 23.0 Å². The highest BCUT2D eigenvalue weighted by molar-refractivity contribution is 5.78. The van der Waals surface area contributed by atoms with E-state index in [9.17, 15) is 19.2 Å². The number of rotatable bonds is 14. The first-order chi connectivity index (χ1) is 17.5. The van der Waals surface area contributed by atoms with Crippen LogP contribution in [-0.4, -0.2) is 42.1 Å². The lowest BCUT2D eigenvalue weighted by atomic mass is 9.90. The van der Waals surface area contributed by atoms with Gasteiger partial charge in [0.1, 0.15) is 18.2 Å².